The number of esters is 1. The number of benzene rings is 3. The Morgan fingerprint density at radius 2 is 1.71 bits per heavy atom. The van der Waals surface area contributed by atoms with Crippen LogP contribution in [-0.4, -0.2) is 16.7 Å². The molecule has 0 spiro atoms. The SMILES string of the molecule is Cc1ccc(C2=NN3[C@H](C2)c2ccccc2O[C@@H]3c2ccc(OC(=O)c3ccccc3)cc2)o1. The lowest BCUT2D eigenvalue weighted by Gasteiger charge is -2.38. The zero-order valence-electron chi connectivity index (χ0n) is 18.5. The van der Waals surface area contributed by atoms with Crippen LogP contribution in [-0.2, 0) is 0 Å². The van der Waals surface area contributed by atoms with E-state index >= 15 is 0 Å². The van der Waals surface area contributed by atoms with Gasteiger partial charge >= 0.3 is 5.97 Å². The summed E-state index contributed by atoms with van der Waals surface area (Å²) in [5.74, 6) is 2.57. The van der Waals surface area contributed by atoms with Crippen LogP contribution >= 0.6 is 0 Å². The van der Waals surface area contributed by atoms with Gasteiger partial charge in [-0.3, -0.25) is 0 Å². The second-order valence-electron chi connectivity index (χ2n) is 8.39. The van der Waals surface area contributed by atoms with Crippen LogP contribution in [0.4, 0.5) is 0 Å². The number of carbonyl (C=O) groups excluding carboxylic acids is 1. The van der Waals surface area contributed by atoms with Crippen LogP contribution in [0, 0.1) is 6.92 Å². The van der Waals surface area contributed by atoms with E-state index in [9.17, 15) is 4.79 Å². The highest BCUT2D eigenvalue weighted by molar-refractivity contribution is 5.99. The van der Waals surface area contributed by atoms with Crippen molar-refractivity contribution in [3.63, 3.8) is 0 Å². The minimum Gasteiger partial charge on any atom is -0.464 e. The first-order chi connectivity index (χ1) is 16.7. The first-order valence-corrected chi connectivity index (χ1v) is 11.2. The van der Waals surface area contributed by atoms with E-state index in [1.807, 2.05) is 72.6 Å². The standard InChI is InChI=1S/C28H22N2O4/c1-18-11-16-26(32-18)23-17-24-22-9-5-6-10-25(22)34-27(30(24)29-23)19-12-14-21(15-13-19)33-28(31)20-7-3-2-4-8-20/h2-16,24,27H,17H2,1H3/t24-,27-/m1/s1. The fourth-order valence-electron chi connectivity index (χ4n) is 4.43. The maximum atomic E-state index is 12.4. The first-order valence-electron chi connectivity index (χ1n) is 11.2. The van der Waals surface area contributed by atoms with Gasteiger partial charge in [-0.25, -0.2) is 9.80 Å². The number of ether oxygens (including phenoxy) is 2. The van der Waals surface area contributed by atoms with Gasteiger partial charge in [-0.2, -0.15) is 5.10 Å². The average Bonchev–Trinajstić information content (AvgIpc) is 3.51. The fraction of sp³-hybridized carbons (Fsp3) is 0.143. The van der Waals surface area contributed by atoms with Gasteiger partial charge in [0, 0.05) is 17.5 Å². The molecule has 2 atom stereocenters. The van der Waals surface area contributed by atoms with Crippen molar-refractivity contribution < 1.29 is 18.7 Å². The number of hydrogen-bond acceptors (Lipinski definition) is 6. The zero-order chi connectivity index (χ0) is 23.1. The molecule has 1 aromatic heterocycles. The Kier molecular flexibility index (Phi) is 4.91. The predicted octanol–water partition coefficient (Wildman–Crippen LogP) is 6.05. The summed E-state index contributed by atoms with van der Waals surface area (Å²) in [6.45, 7) is 1.93. The number of rotatable bonds is 4. The third-order valence-electron chi connectivity index (χ3n) is 6.11. The molecule has 6 nitrogen and oxygen atoms in total. The molecule has 0 saturated heterocycles. The van der Waals surface area contributed by atoms with Crippen LogP contribution in [0.1, 0.15) is 51.7 Å². The van der Waals surface area contributed by atoms with Gasteiger partial charge in [0.1, 0.15) is 28.7 Å². The van der Waals surface area contributed by atoms with E-state index < -0.39 is 12.2 Å². The Morgan fingerprint density at radius 1 is 0.941 bits per heavy atom. The molecule has 0 N–H and O–H groups in total. The third-order valence-corrected chi connectivity index (χ3v) is 6.11. The predicted molar refractivity (Wildman–Crippen MR) is 127 cm³/mol. The minimum atomic E-state index is -0.410. The quantitative estimate of drug-likeness (QED) is 0.280. The Hall–Kier alpha value is -4.32. The summed E-state index contributed by atoms with van der Waals surface area (Å²) in [5.41, 5.74) is 3.43. The first kappa shape index (κ1) is 20.3. The number of hydrogen-bond donors (Lipinski definition) is 0. The van der Waals surface area contributed by atoms with Crippen molar-refractivity contribution in [1.82, 2.24) is 5.01 Å². The third kappa shape index (κ3) is 3.63. The van der Waals surface area contributed by atoms with Gasteiger partial charge in [-0.05, 0) is 61.5 Å². The molecule has 0 saturated carbocycles. The van der Waals surface area contributed by atoms with Crippen LogP contribution in [0.2, 0.25) is 0 Å². The molecule has 168 valence electrons. The highest BCUT2D eigenvalue weighted by Gasteiger charge is 2.41. The molecule has 3 heterocycles. The van der Waals surface area contributed by atoms with E-state index in [1.165, 1.54) is 0 Å². The van der Waals surface area contributed by atoms with Crippen molar-refractivity contribution >= 4 is 11.7 Å². The molecule has 34 heavy (non-hydrogen) atoms. The Labute approximate surface area is 197 Å². The summed E-state index contributed by atoms with van der Waals surface area (Å²) < 4.78 is 17.8. The fourth-order valence-corrected chi connectivity index (χ4v) is 4.43. The molecule has 3 aromatic carbocycles. The smallest absolute Gasteiger partial charge is 0.343 e. The Bertz CT molecular complexity index is 1380. The van der Waals surface area contributed by atoms with Crippen LogP contribution < -0.4 is 9.47 Å². The van der Waals surface area contributed by atoms with Gasteiger partial charge in [0.15, 0.2) is 0 Å². The molecule has 0 radical (unpaired) electrons. The highest BCUT2D eigenvalue weighted by atomic mass is 16.5. The minimum absolute atomic E-state index is 0.0472. The Balaban J connectivity index is 1.29. The molecule has 0 aliphatic carbocycles. The lowest BCUT2D eigenvalue weighted by atomic mass is 9.97. The van der Waals surface area contributed by atoms with Crippen LogP contribution in [0.5, 0.6) is 11.5 Å². The van der Waals surface area contributed by atoms with E-state index in [0.717, 1.165) is 40.5 Å². The van der Waals surface area contributed by atoms with Crippen LogP contribution in [0.3, 0.4) is 0 Å². The number of para-hydroxylation sites is 1. The lowest BCUT2D eigenvalue weighted by molar-refractivity contribution is -0.0190. The van der Waals surface area contributed by atoms with Gasteiger partial charge in [0.25, 0.3) is 0 Å². The topological polar surface area (TPSA) is 64.3 Å². The van der Waals surface area contributed by atoms with E-state index in [4.69, 9.17) is 19.0 Å². The second-order valence-corrected chi connectivity index (χ2v) is 8.39. The number of furan rings is 1. The molecular formula is C28H22N2O4. The summed E-state index contributed by atoms with van der Waals surface area (Å²) in [6.07, 6.45) is 0.323. The number of fused-ring (bicyclic) bond motifs is 3. The maximum absolute atomic E-state index is 12.4. The molecule has 0 amide bonds. The normalized spacial score (nSPS) is 18.5. The summed E-state index contributed by atoms with van der Waals surface area (Å²) in [5, 5.41) is 6.91. The highest BCUT2D eigenvalue weighted by Crippen LogP contribution is 2.47. The van der Waals surface area contributed by atoms with Gasteiger partial charge in [-0.15, -0.1) is 0 Å². The van der Waals surface area contributed by atoms with Gasteiger partial charge in [0.05, 0.1) is 11.6 Å². The van der Waals surface area contributed by atoms with Crippen molar-refractivity contribution in [3.05, 3.63) is 119 Å². The molecule has 6 rings (SSSR count). The van der Waals surface area contributed by atoms with Crippen molar-refractivity contribution in [2.24, 2.45) is 5.10 Å². The largest absolute Gasteiger partial charge is 0.464 e. The molecule has 0 fully saturated rings. The molecule has 0 bridgehead atoms. The van der Waals surface area contributed by atoms with E-state index in [-0.39, 0.29) is 6.04 Å². The monoisotopic (exact) mass is 450 g/mol. The number of aryl methyl sites for hydroxylation is 1. The van der Waals surface area contributed by atoms with E-state index in [1.54, 1.807) is 24.3 Å². The van der Waals surface area contributed by atoms with Gasteiger partial charge in [-0.1, -0.05) is 36.4 Å². The maximum Gasteiger partial charge on any atom is 0.343 e. The summed E-state index contributed by atoms with van der Waals surface area (Å²) in [7, 11) is 0. The van der Waals surface area contributed by atoms with Crippen molar-refractivity contribution in [2.45, 2.75) is 25.6 Å². The summed E-state index contributed by atoms with van der Waals surface area (Å²) in [4.78, 5) is 12.4. The number of nitrogens with zero attached hydrogens (tertiary/aromatic N) is 2. The van der Waals surface area contributed by atoms with Crippen molar-refractivity contribution in [3.8, 4) is 11.5 Å². The van der Waals surface area contributed by atoms with E-state index in [0.29, 0.717) is 11.3 Å². The van der Waals surface area contributed by atoms with Crippen molar-refractivity contribution in [1.29, 1.82) is 0 Å². The van der Waals surface area contributed by atoms with Crippen LogP contribution in [0.15, 0.2) is 101 Å². The number of carbonyl (C=O) groups is 1. The lowest BCUT2D eigenvalue weighted by Crippen LogP contribution is -2.33. The molecule has 2 aliphatic heterocycles. The van der Waals surface area contributed by atoms with E-state index in [2.05, 4.69) is 6.07 Å². The summed E-state index contributed by atoms with van der Waals surface area (Å²) in [6, 6.07) is 28.4. The molecule has 2 aliphatic rings. The van der Waals surface area contributed by atoms with Gasteiger partial charge < -0.3 is 13.9 Å². The van der Waals surface area contributed by atoms with Crippen LogP contribution in [0.25, 0.3) is 0 Å². The molecular weight excluding hydrogens is 428 g/mol. The Morgan fingerprint density at radius 3 is 2.47 bits per heavy atom. The second kappa shape index (κ2) is 8.23. The zero-order valence-corrected chi connectivity index (χ0v) is 18.5. The average molecular weight is 450 g/mol. The van der Waals surface area contributed by atoms with Gasteiger partial charge in [0.2, 0.25) is 6.23 Å². The summed E-state index contributed by atoms with van der Waals surface area (Å²) >= 11 is 0. The molecule has 4 aromatic rings. The molecule has 0 unspecified atom stereocenters. The molecule has 6 heteroatoms. The van der Waals surface area contributed by atoms with Crippen molar-refractivity contribution in [2.75, 3.05) is 0 Å². The number of hydrazone groups is 1.